The Kier molecular flexibility index (Phi) is 2.38. The molecule has 0 N–H and O–H groups in total. The summed E-state index contributed by atoms with van der Waals surface area (Å²) in [5, 5.41) is 2.74. The molecule has 2 unspecified atom stereocenters. The van der Waals surface area contributed by atoms with Gasteiger partial charge in [0.1, 0.15) is 17.6 Å². The average molecular weight is 279 g/mol. The fourth-order valence-electron chi connectivity index (χ4n) is 4.43. The fraction of sp³-hybridized carbons (Fsp3) is 0.421. The van der Waals surface area contributed by atoms with E-state index in [9.17, 15) is 0 Å². The van der Waals surface area contributed by atoms with Crippen molar-refractivity contribution < 1.29 is 4.58 Å². The molecule has 0 bridgehead atoms. The van der Waals surface area contributed by atoms with Crippen LogP contribution in [0.2, 0.25) is 0 Å². The Morgan fingerprint density at radius 3 is 2.52 bits per heavy atom. The summed E-state index contributed by atoms with van der Waals surface area (Å²) in [5.74, 6) is 1.40. The summed E-state index contributed by atoms with van der Waals surface area (Å²) in [6, 6.07) is 14.4. The van der Waals surface area contributed by atoms with E-state index in [1.165, 1.54) is 27.7 Å². The van der Waals surface area contributed by atoms with Crippen LogP contribution in [0.3, 0.4) is 0 Å². The standard InChI is InChI=1S/C19H23N2/c1-12-13(2)21-18(20(12)5)16-11-10-14-8-6-7-9-15(14)17(16)19(21,3)4/h6-13H,1-5H3/q+1. The molecule has 2 heterocycles. The lowest BCUT2D eigenvalue weighted by Gasteiger charge is -2.30. The van der Waals surface area contributed by atoms with Gasteiger partial charge in [-0.1, -0.05) is 30.3 Å². The summed E-state index contributed by atoms with van der Waals surface area (Å²) in [5.41, 5.74) is 2.95. The van der Waals surface area contributed by atoms with Crippen molar-refractivity contribution in [3.8, 4) is 0 Å². The number of benzene rings is 2. The van der Waals surface area contributed by atoms with Gasteiger partial charge in [-0.05, 0) is 44.5 Å². The second-order valence-corrected chi connectivity index (χ2v) is 7.05. The number of rotatable bonds is 0. The van der Waals surface area contributed by atoms with Crippen LogP contribution in [0, 0.1) is 0 Å². The molecular formula is C19H23N2+. The van der Waals surface area contributed by atoms with Gasteiger partial charge in [0, 0.05) is 5.56 Å². The van der Waals surface area contributed by atoms with Gasteiger partial charge in [-0.2, -0.15) is 0 Å². The molecule has 0 fully saturated rings. The third kappa shape index (κ3) is 1.40. The molecule has 108 valence electrons. The summed E-state index contributed by atoms with van der Waals surface area (Å²) in [7, 11) is 2.23. The third-order valence-electron chi connectivity index (χ3n) is 5.66. The molecule has 2 heteroatoms. The SMILES string of the molecule is CC1C(C)[N+](C)=C2c3ccc4ccccc4c3C(C)(C)N21. The minimum atomic E-state index is 0.0456. The van der Waals surface area contributed by atoms with E-state index in [4.69, 9.17) is 0 Å². The Morgan fingerprint density at radius 1 is 1.05 bits per heavy atom. The number of likely N-dealkylation sites (N-methyl/N-ethyl adjacent to an activating group) is 1. The van der Waals surface area contributed by atoms with Crippen molar-refractivity contribution in [1.82, 2.24) is 4.90 Å². The molecule has 0 saturated carbocycles. The second-order valence-electron chi connectivity index (χ2n) is 7.05. The predicted molar refractivity (Wildman–Crippen MR) is 88.0 cm³/mol. The smallest absolute Gasteiger partial charge is 0.257 e. The van der Waals surface area contributed by atoms with Crippen LogP contribution in [0.25, 0.3) is 10.8 Å². The minimum Gasteiger partial charge on any atom is -0.257 e. The summed E-state index contributed by atoms with van der Waals surface area (Å²) >= 11 is 0. The molecule has 2 aliphatic heterocycles. The highest BCUT2D eigenvalue weighted by Gasteiger charge is 2.57. The zero-order valence-electron chi connectivity index (χ0n) is 13.5. The topological polar surface area (TPSA) is 6.25 Å². The van der Waals surface area contributed by atoms with Crippen molar-refractivity contribution in [3.05, 3.63) is 47.5 Å². The number of hydrogen-bond donors (Lipinski definition) is 0. The van der Waals surface area contributed by atoms with Crippen molar-refractivity contribution in [2.45, 2.75) is 45.3 Å². The second kappa shape index (κ2) is 3.88. The van der Waals surface area contributed by atoms with Crippen LogP contribution in [0.1, 0.15) is 38.8 Å². The van der Waals surface area contributed by atoms with Gasteiger partial charge in [-0.15, -0.1) is 0 Å². The fourth-order valence-corrected chi connectivity index (χ4v) is 4.43. The Morgan fingerprint density at radius 2 is 1.76 bits per heavy atom. The molecule has 2 aromatic carbocycles. The number of amidine groups is 1. The van der Waals surface area contributed by atoms with E-state index in [1.807, 2.05) is 0 Å². The van der Waals surface area contributed by atoms with Crippen LogP contribution < -0.4 is 0 Å². The van der Waals surface area contributed by atoms with Gasteiger partial charge in [-0.3, -0.25) is 4.58 Å². The Hall–Kier alpha value is -1.83. The first-order valence-corrected chi connectivity index (χ1v) is 7.86. The van der Waals surface area contributed by atoms with Crippen LogP contribution in [0.5, 0.6) is 0 Å². The molecule has 0 saturated heterocycles. The van der Waals surface area contributed by atoms with Crippen molar-refractivity contribution in [2.75, 3.05) is 7.05 Å². The van der Waals surface area contributed by atoms with E-state index in [0.717, 1.165) is 0 Å². The van der Waals surface area contributed by atoms with Crippen LogP contribution in [0.4, 0.5) is 0 Å². The quantitative estimate of drug-likeness (QED) is 0.668. The highest BCUT2D eigenvalue weighted by Crippen LogP contribution is 2.46. The van der Waals surface area contributed by atoms with Crippen LogP contribution in [0.15, 0.2) is 36.4 Å². The van der Waals surface area contributed by atoms with Gasteiger partial charge in [-0.25, -0.2) is 4.90 Å². The van der Waals surface area contributed by atoms with Gasteiger partial charge in [0.25, 0.3) is 5.84 Å². The monoisotopic (exact) mass is 279 g/mol. The lowest BCUT2D eigenvalue weighted by molar-refractivity contribution is -0.526. The van der Waals surface area contributed by atoms with E-state index >= 15 is 0 Å². The van der Waals surface area contributed by atoms with E-state index < -0.39 is 0 Å². The minimum absolute atomic E-state index is 0.0456. The van der Waals surface area contributed by atoms with Gasteiger partial charge in [0.2, 0.25) is 0 Å². The maximum atomic E-state index is 2.62. The maximum Gasteiger partial charge on any atom is 0.280 e. The van der Waals surface area contributed by atoms with Crippen LogP contribution >= 0.6 is 0 Å². The van der Waals surface area contributed by atoms with E-state index in [2.05, 4.69) is 80.6 Å². The molecule has 2 aliphatic rings. The van der Waals surface area contributed by atoms with Gasteiger partial charge < -0.3 is 0 Å². The van der Waals surface area contributed by atoms with E-state index in [1.54, 1.807) is 0 Å². The summed E-state index contributed by atoms with van der Waals surface area (Å²) in [4.78, 5) is 2.62. The van der Waals surface area contributed by atoms with E-state index in [0.29, 0.717) is 12.1 Å². The lowest BCUT2D eigenvalue weighted by Crippen LogP contribution is -2.44. The van der Waals surface area contributed by atoms with E-state index in [-0.39, 0.29) is 5.54 Å². The van der Waals surface area contributed by atoms with Gasteiger partial charge >= 0.3 is 0 Å². The first kappa shape index (κ1) is 12.9. The largest absolute Gasteiger partial charge is 0.280 e. The molecule has 0 aromatic heterocycles. The van der Waals surface area contributed by atoms with Crippen molar-refractivity contribution >= 4 is 16.6 Å². The molecular weight excluding hydrogens is 256 g/mol. The zero-order valence-corrected chi connectivity index (χ0v) is 13.5. The molecule has 0 aliphatic carbocycles. The average Bonchev–Trinajstić information content (AvgIpc) is 2.85. The molecule has 21 heavy (non-hydrogen) atoms. The Labute approximate surface area is 126 Å². The molecule has 2 atom stereocenters. The van der Waals surface area contributed by atoms with Gasteiger partial charge in [0.15, 0.2) is 0 Å². The third-order valence-corrected chi connectivity index (χ3v) is 5.66. The molecule has 0 amide bonds. The van der Waals surface area contributed by atoms with Gasteiger partial charge in [0.05, 0.1) is 12.6 Å². The first-order chi connectivity index (χ1) is 9.94. The van der Waals surface area contributed by atoms with Crippen molar-refractivity contribution in [1.29, 1.82) is 0 Å². The Bertz CT molecular complexity index is 785. The summed E-state index contributed by atoms with van der Waals surface area (Å²) in [6.45, 7) is 9.41. The Balaban J connectivity index is 2.12. The van der Waals surface area contributed by atoms with Crippen molar-refractivity contribution in [2.24, 2.45) is 0 Å². The molecule has 0 spiro atoms. The zero-order chi connectivity index (χ0) is 14.9. The molecule has 2 nitrogen and oxygen atoms in total. The normalized spacial score (nSPS) is 26.4. The number of nitrogens with zero attached hydrogens (tertiary/aromatic N) is 2. The number of fused-ring (bicyclic) bond motifs is 5. The van der Waals surface area contributed by atoms with Crippen LogP contribution in [-0.4, -0.2) is 34.4 Å². The molecule has 4 rings (SSSR count). The van der Waals surface area contributed by atoms with Crippen LogP contribution in [-0.2, 0) is 5.54 Å². The first-order valence-electron chi connectivity index (χ1n) is 7.86. The lowest BCUT2D eigenvalue weighted by atomic mass is 9.87. The van der Waals surface area contributed by atoms with Crippen molar-refractivity contribution in [3.63, 3.8) is 0 Å². The maximum absolute atomic E-state index is 2.62. The highest BCUT2D eigenvalue weighted by molar-refractivity contribution is 6.07. The highest BCUT2D eigenvalue weighted by atomic mass is 15.4. The summed E-state index contributed by atoms with van der Waals surface area (Å²) < 4.78 is 2.45. The number of hydrogen-bond acceptors (Lipinski definition) is 1. The molecule has 0 radical (unpaired) electrons. The summed E-state index contributed by atoms with van der Waals surface area (Å²) in [6.07, 6.45) is 0. The molecule has 2 aromatic rings. The predicted octanol–water partition coefficient (Wildman–Crippen LogP) is 3.57.